The molecule has 0 aliphatic carbocycles. The Morgan fingerprint density at radius 2 is 1.72 bits per heavy atom. The molecule has 2 saturated heterocycles. The lowest BCUT2D eigenvalue weighted by molar-refractivity contribution is -0.144. The number of nitrogens with zero attached hydrogens (tertiary/aromatic N) is 2. The molecule has 0 spiro atoms. The lowest BCUT2D eigenvalue weighted by Crippen LogP contribution is -2.51. The largest absolute Gasteiger partial charge is 0.341 e. The molecular weight excluding hydrogens is 450 g/mol. The first kappa shape index (κ1) is 23.0. The molecule has 0 radical (unpaired) electrons. The third-order valence-corrected chi connectivity index (χ3v) is 8.25. The molecule has 2 atom stereocenters. The second-order valence-electron chi connectivity index (χ2n) is 8.83. The first-order valence-electron chi connectivity index (χ1n) is 11.0. The molecule has 172 valence electrons. The minimum Gasteiger partial charge on any atom is -0.341 e. The molecule has 2 aromatic carbocycles. The normalized spacial score (nSPS) is 21.3. The Bertz CT molecular complexity index is 1150. The van der Waals surface area contributed by atoms with E-state index in [2.05, 4.69) is 11.6 Å². The predicted octanol–water partition coefficient (Wildman–Crippen LogP) is 3.02. The lowest BCUT2D eigenvalue weighted by Gasteiger charge is -2.34. The summed E-state index contributed by atoms with van der Waals surface area (Å²) in [5, 5.41) is 2.15. The SMILES string of the molecule is CC1CCN(C(=O)[C@H](C)N2CC[C@H](NS(=O)(=O)c3ccc4cc(Cl)ccc4c3)C2=O)CC1. The highest BCUT2D eigenvalue weighted by molar-refractivity contribution is 7.89. The minimum atomic E-state index is -3.90. The highest BCUT2D eigenvalue weighted by atomic mass is 35.5. The van der Waals surface area contributed by atoms with Gasteiger partial charge in [-0.3, -0.25) is 9.59 Å². The smallest absolute Gasteiger partial charge is 0.245 e. The molecule has 2 amide bonds. The zero-order valence-corrected chi connectivity index (χ0v) is 19.8. The number of benzene rings is 2. The van der Waals surface area contributed by atoms with Gasteiger partial charge in [-0.1, -0.05) is 30.7 Å². The summed E-state index contributed by atoms with van der Waals surface area (Å²) < 4.78 is 28.4. The summed E-state index contributed by atoms with van der Waals surface area (Å²) >= 11 is 6.00. The van der Waals surface area contributed by atoms with Crippen LogP contribution in [0.15, 0.2) is 41.3 Å². The number of fused-ring (bicyclic) bond motifs is 1. The molecule has 0 bridgehead atoms. The van der Waals surface area contributed by atoms with Crippen molar-refractivity contribution in [3.63, 3.8) is 0 Å². The predicted molar refractivity (Wildman–Crippen MR) is 124 cm³/mol. The fraction of sp³-hybridized carbons (Fsp3) is 0.478. The molecule has 0 aromatic heterocycles. The van der Waals surface area contributed by atoms with Gasteiger partial charge in [0.05, 0.1) is 4.90 Å². The summed E-state index contributed by atoms with van der Waals surface area (Å²) in [4.78, 5) is 29.2. The van der Waals surface area contributed by atoms with Crippen LogP contribution in [0.5, 0.6) is 0 Å². The van der Waals surface area contributed by atoms with Crippen molar-refractivity contribution in [1.29, 1.82) is 0 Å². The lowest BCUT2D eigenvalue weighted by atomic mass is 9.99. The van der Waals surface area contributed by atoms with Crippen molar-refractivity contribution in [3.05, 3.63) is 41.4 Å². The first-order chi connectivity index (χ1) is 15.2. The van der Waals surface area contributed by atoms with Gasteiger partial charge in [0.15, 0.2) is 0 Å². The van der Waals surface area contributed by atoms with Crippen molar-refractivity contribution in [1.82, 2.24) is 14.5 Å². The van der Waals surface area contributed by atoms with Crippen LogP contribution in [0.1, 0.15) is 33.1 Å². The second-order valence-corrected chi connectivity index (χ2v) is 11.0. The van der Waals surface area contributed by atoms with Crippen LogP contribution >= 0.6 is 11.6 Å². The van der Waals surface area contributed by atoms with Crippen molar-refractivity contribution in [2.24, 2.45) is 5.92 Å². The highest BCUT2D eigenvalue weighted by Gasteiger charge is 2.40. The topological polar surface area (TPSA) is 86.8 Å². The van der Waals surface area contributed by atoms with E-state index >= 15 is 0 Å². The quantitative estimate of drug-likeness (QED) is 0.717. The molecule has 2 aromatic rings. The Labute approximate surface area is 193 Å². The standard InChI is InChI=1S/C23H28ClN3O4S/c1-15-7-10-26(11-8-15)22(28)16(2)27-12-9-21(23(27)29)25-32(30,31)20-6-4-17-13-19(24)5-3-18(17)14-20/h3-6,13-16,21,25H,7-12H2,1-2H3/t16-,21-/m0/s1. The maximum Gasteiger partial charge on any atom is 0.245 e. The number of carbonyl (C=O) groups is 2. The molecular formula is C23H28ClN3O4S. The molecule has 2 fully saturated rings. The van der Waals surface area contributed by atoms with E-state index in [1.165, 1.54) is 11.0 Å². The van der Waals surface area contributed by atoms with Crippen LogP contribution in [-0.2, 0) is 19.6 Å². The third-order valence-electron chi connectivity index (χ3n) is 6.54. The van der Waals surface area contributed by atoms with Gasteiger partial charge < -0.3 is 9.80 Å². The van der Waals surface area contributed by atoms with Crippen LogP contribution in [0, 0.1) is 5.92 Å². The maximum absolute atomic E-state index is 13.0. The van der Waals surface area contributed by atoms with E-state index in [0.717, 1.165) is 23.6 Å². The van der Waals surface area contributed by atoms with E-state index in [1.807, 2.05) is 4.90 Å². The number of carbonyl (C=O) groups excluding carboxylic acids is 2. The number of sulfonamides is 1. The second kappa shape index (κ2) is 9.00. The average Bonchev–Trinajstić information content (AvgIpc) is 3.12. The summed E-state index contributed by atoms with van der Waals surface area (Å²) in [5.74, 6) is 0.183. The van der Waals surface area contributed by atoms with E-state index in [0.29, 0.717) is 37.0 Å². The van der Waals surface area contributed by atoms with Crippen molar-refractivity contribution in [2.45, 2.75) is 50.1 Å². The van der Waals surface area contributed by atoms with Gasteiger partial charge in [0.1, 0.15) is 12.1 Å². The van der Waals surface area contributed by atoms with Crippen LogP contribution in [0.2, 0.25) is 5.02 Å². The van der Waals surface area contributed by atoms with Gasteiger partial charge in [0, 0.05) is 24.7 Å². The maximum atomic E-state index is 13.0. The fourth-order valence-electron chi connectivity index (χ4n) is 4.44. The highest BCUT2D eigenvalue weighted by Crippen LogP contribution is 2.25. The zero-order valence-electron chi connectivity index (χ0n) is 18.3. The van der Waals surface area contributed by atoms with Gasteiger partial charge in [-0.05, 0) is 67.1 Å². The Balaban J connectivity index is 1.44. The van der Waals surface area contributed by atoms with Gasteiger partial charge in [0.25, 0.3) is 0 Å². The Morgan fingerprint density at radius 1 is 1.06 bits per heavy atom. The van der Waals surface area contributed by atoms with Gasteiger partial charge in [-0.2, -0.15) is 4.72 Å². The molecule has 9 heteroatoms. The van der Waals surface area contributed by atoms with Crippen LogP contribution in [0.4, 0.5) is 0 Å². The van der Waals surface area contributed by atoms with Crippen LogP contribution in [0.3, 0.4) is 0 Å². The first-order valence-corrected chi connectivity index (χ1v) is 12.8. The molecule has 0 unspecified atom stereocenters. The van der Waals surface area contributed by atoms with E-state index in [4.69, 9.17) is 11.6 Å². The number of likely N-dealkylation sites (tertiary alicyclic amines) is 2. The molecule has 2 heterocycles. The molecule has 0 saturated carbocycles. The fourth-order valence-corrected chi connectivity index (χ4v) is 5.88. The Kier molecular flexibility index (Phi) is 6.47. The number of hydrogen-bond acceptors (Lipinski definition) is 4. The summed E-state index contributed by atoms with van der Waals surface area (Å²) in [6.45, 7) is 5.66. The van der Waals surface area contributed by atoms with E-state index in [-0.39, 0.29) is 16.7 Å². The van der Waals surface area contributed by atoms with Crippen LogP contribution in [-0.4, -0.2) is 61.7 Å². The van der Waals surface area contributed by atoms with Gasteiger partial charge in [0.2, 0.25) is 21.8 Å². The molecule has 4 rings (SSSR count). The Hall–Kier alpha value is -2.16. The minimum absolute atomic E-state index is 0.0676. The van der Waals surface area contributed by atoms with Crippen molar-refractivity contribution < 1.29 is 18.0 Å². The van der Waals surface area contributed by atoms with Crippen molar-refractivity contribution >= 4 is 44.2 Å². The van der Waals surface area contributed by atoms with Gasteiger partial charge >= 0.3 is 0 Å². The summed E-state index contributed by atoms with van der Waals surface area (Å²) in [6.07, 6.45) is 2.26. The molecule has 2 aliphatic heterocycles. The number of piperidine rings is 1. The van der Waals surface area contributed by atoms with Gasteiger partial charge in [-0.25, -0.2) is 8.42 Å². The monoisotopic (exact) mass is 477 g/mol. The van der Waals surface area contributed by atoms with E-state index < -0.39 is 22.1 Å². The molecule has 1 N–H and O–H groups in total. The van der Waals surface area contributed by atoms with Crippen LogP contribution in [0.25, 0.3) is 10.8 Å². The van der Waals surface area contributed by atoms with E-state index in [1.54, 1.807) is 37.3 Å². The number of halogens is 1. The van der Waals surface area contributed by atoms with Crippen molar-refractivity contribution in [2.75, 3.05) is 19.6 Å². The molecule has 2 aliphatic rings. The zero-order chi connectivity index (χ0) is 23.0. The Morgan fingerprint density at radius 3 is 2.44 bits per heavy atom. The summed E-state index contributed by atoms with van der Waals surface area (Å²) in [7, 11) is -3.90. The van der Waals surface area contributed by atoms with Crippen LogP contribution < -0.4 is 4.72 Å². The number of hydrogen-bond donors (Lipinski definition) is 1. The number of rotatable bonds is 5. The third kappa shape index (κ3) is 4.63. The summed E-state index contributed by atoms with van der Waals surface area (Å²) in [6, 6.07) is 8.50. The summed E-state index contributed by atoms with van der Waals surface area (Å²) in [5.41, 5.74) is 0. The average molecular weight is 478 g/mol. The van der Waals surface area contributed by atoms with E-state index in [9.17, 15) is 18.0 Å². The molecule has 7 nitrogen and oxygen atoms in total. The molecule has 32 heavy (non-hydrogen) atoms. The van der Waals surface area contributed by atoms with Gasteiger partial charge in [-0.15, -0.1) is 0 Å². The number of amides is 2. The van der Waals surface area contributed by atoms with Crippen molar-refractivity contribution in [3.8, 4) is 0 Å². The number of nitrogens with one attached hydrogen (secondary N) is 1.